The van der Waals surface area contributed by atoms with Crippen molar-refractivity contribution in [2.75, 3.05) is 7.11 Å². The first-order valence-electron chi connectivity index (χ1n) is 6.12. The quantitative estimate of drug-likeness (QED) is 0.789. The summed E-state index contributed by atoms with van der Waals surface area (Å²) in [5, 5.41) is 0.357. The second-order valence-electron chi connectivity index (χ2n) is 4.40. The molecule has 0 bridgehead atoms. The molecule has 6 heteroatoms. The van der Waals surface area contributed by atoms with E-state index in [0.717, 1.165) is 12.1 Å². The van der Waals surface area contributed by atoms with E-state index in [0.29, 0.717) is 10.9 Å². The van der Waals surface area contributed by atoms with Gasteiger partial charge < -0.3 is 9.72 Å². The third kappa shape index (κ3) is 2.24. The summed E-state index contributed by atoms with van der Waals surface area (Å²) in [6.07, 6.45) is 0. The Morgan fingerprint density at radius 2 is 1.81 bits per heavy atom. The second kappa shape index (κ2) is 4.97. The Kier molecular flexibility index (Phi) is 3.13. The van der Waals surface area contributed by atoms with Crippen molar-refractivity contribution in [1.82, 2.24) is 9.97 Å². The van der Waals surface area contributed by atoms with Crippen LogP contribution in [0, 0.1) is 11.6 Å². The number of benzene rings is 2. The van der Waals surface area contributed by atoms with Gasteiger partial charge in [0, 0.05) is 12.1 Å². The highest BCUT2D eigenvalue weighted by molar-refractivity contribution is 5.79. The predicted molar refractivity (Wildman–Crippen MR) is 74.3 cm³/mol. The third-order valence-corrected chi connectivity index (χ3v) is 3.10. The second-order valence-corrected chi connectivity index (χ2v) is 4.40. The summed E-state index contributed by atoms with van der Waals surface area (Å²) in [6, 6.07) is 8.65. The number of fused-ring (bicyclic) bond motifs is 1. The average Bonchev–Trinajstić information content (AvgIpc) is 2.46. The van der Waals surface area contributed by atoms with Crippen molar-refractivity contribution in [3.05, 3.63) is 58.4 Å². The molecule has 1 aromatic heterocycles. The standard InChI is InChI=1S/C15H10F2N2O2/c1-21-8-6-10(16)13(11(17)7-8)14-18-12-5-3-2-4-9(12)15(20)19-14/h2-7H,1H3,(H,18,19,20). The van der Waals surface area contributed by atoms with Crippen molar-refractivity contribution in [2.24, 2.45) is 0 Å². The Bertz CT molecular complexity index is 867. The Labute approximate surface area is 118 Å². The van der Waals surface area contributed by atoms with Crippen LogP contribution < -0.4 is 10.3 Å². The van der Waals surface area contributed by atoms with Crippen LogP contribution in [0.3, 0.4) is 0 Å². The first kappa shape index (κ1) is 13.2. The lowest BCUT2D eigenvalue weighted by Gasteiger charge is -2.07. The molecule has 0 atom stereocenters. The summed E-state index contributed by atoms with van der Waals surface area (Å²) in [5.41, 5.74) is -0.477. The van der Waals surface area contributed by atoms with Gasteiger partial charge in [0.1, 0.15) is 23.2 Å². The van der Waals surface area contributed by atoms with E-state index in [-0.39, 0.29) is 11.6 Å². The number of hydrogen-bond donors (Lipinski definition) is 1. The molecule has 106 valence electrons. The molecule has 1 heterocycles. The van der Waals surface area contributed by atoms with E-state index in [1.54, 1.807) is 24.3 Å². The number of methoxy groups -OCH3 is 1. The van der Waals surface area contributed by atoms with Crippen molar-refractivity contribution < 1.29 is 13.5 Å². The molecule has 3 aromatic rings. The van der Waals surface area contributed by atoms with Gasteiger partial charge >= 0.3 is 0 Å². The fourth-order valence-electron chi connectivity index (χ4n) is 2.10. The summed E-state index contributed by atoms with van der Waals surface area (Å²) >= 11 is 0. The molecule has 0 radical (unpaired) electrons. The molecule has 0 aliphatic carbocycles. The molecular weight excluding hydrogens is 278 g/mol. The van der Waals surface area contributed by atoms with Crippen molar-refractivity contribution >= 4 is 10.9 Å². The van der Waals surface area contributed by atoms with Gasteiger partial charge in [0.15, 0.2) is 0 Å². The smallest absolute Gasteiger partial charge is 0.259 e. The lowest BCUT2D eigenvalue weighted by Crippen LogP contribution is -2.10. The number of H-pyrrole nitrogens is 1. The third-order valence-electron chi connectivity index (χ3n) is 3.10. The molecule has 1 N–H and O–H groups in total. The zero-order valence-corrected chi connectivity index (χ0v) is 11.0. The monoisotopic (exact) mass is 288 g/mol. The fourth-order valence-corrected chi connectivity index (χ4v) is 2.10. The molecule has 3 rings (SSSR count). The molecule has 4 nitrogen and oxygen atoms in total. The number of hydrogen-bond acceptors (Lipinski definition) is 3. The average molecular weight is 288 g/mol. The van der Waals surface area contributed by atoms with Crippen LogP contribution in [-0.4, -0.2) is 17.1 Å². The van der Waals surface area contributed by atoms with Gasteiger partial charge in [0.05, 0.1) is 23.6 Å². The Morgan fingerprint density at radius 3 is 2.48 bits per heavy atom. The topological polar surface area (TPSA) is 55.0 Å². The number of nitrogens with zero attached hydrogens (tertiary/aromatic N) is 1. The predicted octanol–water partition coefficient (Wildman–Crippen LogP) is 2.88. The van der Waals surface area contributed by atoms with Crippen LogP contribution in [0.2, 0.25) is 0 Å². The number of nitrogens with one attached hydrogen (secondary N) is 1. The lowest BCUT2D eigenvalue weighted by atomic mass is 10.1. The minimum absolute atomic E-state index is 0.0527. The summed E-state index contributed by atoms with van der Waals surface area (Å²) < 4.78 is 32.9. The number of halogens is 2. The highest BCUT2D eigenvalue weighted by Crippen LogP contribution is 2.27. The number of aromatic amines is 1. The van der Waals surface area contributed by atoms with Crippen LogP contribution in [0.25, 0.3) is 22.3 Å². The molecule has 0 aliphatic heterocycles. The summed E-state index contributed by atoms with van der Waals surface area (Å²) in [4.78, 5) is 18.5. The van der Waals surface area contributed by atoms with Crippen LogP contribution in [0.1, 0.15) is 0 Å². The normalized spacial score (nSPS) is 10.8. The molecule has 0 spiro atoms. The van der Waals surface area contributed by atoms with Crippen LogP contribution in [0.4, 0.5) is 8.78 Å². The van der Waals surface area contributed by atoms with Crippen LogP contribution in [0.5, 0.6) is 5.75 Å². The van der Waals surface area contributed by atoms with E-state index < -0.39 is 22.8 Å². The Morgan fingerprint density at radius 1 is 1.14 bits per heavy atom. The van der Waals surface area contributed by atoms with Gasteiger partial charge in [0.2, 0.25) is 0 Å². The number of para-hydroxylation sites is 1. The van der Waals surface area contributed by atoms with Crippen LogP contribution >= 0.6 is 0 Å². The molecule has 0 amide bonds. The van der Waals surface area contributed by atoms with Crippen molar-refractivity contribution in [3.63, 3.8) is 0 Å². The first-order chi connectivity index (χ1) is 10.1. The fraction of sp³-hybridized carbons (Fsp3) is 0.0667. The maximum absolute atomic E-state index is 14.0. The molecule has 2 aromatic carbocycles. The molecule has 0 saturated heterocycles. The maximum Gasteiger partial charge on any atom is 0.259 e. The molecule has 0 unspecified atom stereocenters. The number of rotatable bonds is 2. The molecule has 0 saturated carbocycles. The van der Waals surface area contributed by atoms with Gasteiger partial charge in [-0.05, 0) is 12.1 Å². The van der Waals surface area contributed by atoms with Gasteiger partial charge in [-0.1, -0.05) is 12.1 Å². The van der Waals surface area contributed by atoms with E-state index in [9.17, 15) is 13.6 Å². The van der Waals surface area contributed by atoms with Crippen molar-refractivity contribution in [3.8, 4) is 17.1 Å². The van der Waals surface area contributed by atoms with Crippen LogP contribution in [-0.2, 0) is 0 Å². The SMILES string of the molecule is COc1cc(F)c(-c2nc3ccccc3c(=O)[nH]2)c(F)c1. The van der Waals surface area contributed by atoms with Crippen molar-refractivity contribution in [1.29, 1.82) is 0 Å². The summed E-state index contributed by atoms with van der Waals surface area (Å²) in [5.74, 6) is -1.82. The largest absolute Gasteiger partial charge is 0.497 e. The molecule has 0 fully saturated rings. The minimum Gasteiger partial charge on any atom is -0.497 e. The lowest BCUT2D eigenvalue weighted by molar-refractivity contribution is 0.407. The molecule has 21 heavy (non-hydrogen) atoms. The van der Waals surface area contributed by atoms with E-state index >= 15 is 0 Å². The zero-order valence-electron chi connectivity index (χ0n) is 11.0. The van der Waals surface area contributed by atoms with Crippen molar-refractivity contribution in [2.45, 2.75) is 0 Å². The first-order valence-corrected chi connectivity index (χ1v) is 6.12. The van der Waals surface area contributed by atoms with Gasteiger partial charge in [-0.3, -0.25) is 4.79 Å². The van der Waals surface area contributed by atoms with E-state index in [1.165, 1.54) is 7.11 Å². The number of aromatic nitrogens is 2. The van der Waals surface area contributed by atoms with Gasteiger partial charge in [-0.15, -0.1) is 0 Å². The van der Waals surface area contributed by atoms with E-state index in [2.05, 4.69) is 9.97 Å². The van der Waals surface area contributed by atoms with Crippen LogP contribution in [0.15, 0.2) is 41.2 Å². The maximum atomic E-state index is 14.0. The number of ether oxygens (including phenoxy) is 1. The highest BCUT2D eigenvalue weighted by atomic mass is 19.1. The highest BCUT2D eigenvalue weighted by Gasteiger charge is 2.17. The molecular formula is C15H10F2N2O2. The molecule has 0 aliphatic rings. The minimum atomic E-state index is -0.856. The van der Waals surface area contributed by atoms with Gasteiger partial charge in [-0.2, -0.15) is 0 Å². The van der Waals surface area contributed by atoms with E-state index in [1.807, 2.05) is 0 Å². The summed E-state index contributed by atoms with van der Waals surface area (Å²) in [7, 11) is 1.31. The van der Waals surface area contributed by atoms with Gasteiger partial charge in [0.25, 0.3) is 5.56 Å². The summed E-state index contributed by atoms with van der Waals surface area (Å²) in [6.45, 7) is 0. The Hall–Kier alpha value is -2.76. The Balaban J connectivity index is 2.28. The van der Waals surface area contributed by atoms with Gasteiger partial charge in [-0.25, -0.2) is 13.8 Å². The zero-order chi connectivity index (χ0) is 15.0. The van der Waals surface area contributed by atoms with E-state index in [4.69, 9.17) is 4.74 Å².